The number of hydrogen-bond donors (Lipinski definition) is 2. The van der Waals surface area contributed by atoms with Crippen molar-refractivity contribution in [1.29, 1.82) is 0 Å². The van der Waals surface area contributed by atoms with Crippen molar-refractivity contribution < 1.29 is 17.4 Å². The Morgan fingerprint density at radius 1 is 1.33 bits per heavy atom. The van der Waals surface area contributed by atoms with Crippen molar-refractivity contribution >= 4 is 40.7 Å². The van der Waals surface area contributed by atoms with E-state index in [9.17, 15) is 17.4 Å². The number of nitrogens with zero attached hydrogens (tertiary/aromatic N) is 1. The van der Waals surface area contributed by atoms with Crippen molar-refractivity contribution in [3.05, 3.63) is 35.4 Å². The molecule has 1 aromatic carbocycles. The van der Waals surface area contributed by atoms with Gasteiger partial charge in [-0.2, -0.15) is 13.2 Å². The van der Waals surface area contributed by atoms with Crippen molar-refractivity contribution in [1.82, 2.24) is 10.6 Å². The number of halogens is 4. The lowest BCUT2D eigenvalue weighted by atomic mass is 9.95. The molecule has 0 saturated heterocycles. The number of alkyl halides is 3. The van der Waals surface area contributed by atoms with Gasteiger partial charge in [-0.15, -0.1) is 24.0 Å². The topological polar surface area (TPSA) is 53.5 Å². The van der Waals surface area contributed by atoms with Gasteiger partial charge < -0.3 is 10.6 Å². The molecule has 1 aliphatic rings. The minimum Gasteiger partial charge on any atom is -0.354 e. The molecule has 3 unspecified atom stereocenters. The first-order valence-corrected chi connectivity index (χ1v) is 10.2. The van der Waals surface area contributed by atoms with Crippen LogP contribution >= 0.6 is 24.0 Å². The Morgan fingerprint density at radius 2 is 2.07 bits per heavy atom. The molecule has 2 N–H and O–H groups in total. The first kappa shape index (κ1) is 24.2. The van der Waals surface area contributed by atoms with Gasteiger partial charge in [-0.1, -0.05) is 25.5 Å². The van der Waals surface area contributed by atoms with Crippen molar-refractivity contribution in [3.8, 4) is 0 Å². The standard InChI is InChI=1S/C18H26F3N3OS.HI/c1-3-26(25)16-9-5-8-15(11-16)24-17(22-2)23-12-13-6-4-7-14(10-13)18(19,20)21;/h4,6-7,10,15-16H,3,5,8-9,11-12H2,1-2H3,(H2,22,23,24);1H. The van der Waals surface area contributed by atoms with Crippen LogP contribution in [0.3, 0.4) is 0 Å². The summed E-state index contributed by atoms with van der Waals surface area (Å²) in [5.74, 6) is 1.22. The van der Waals surface area contributed by atoms with Crippen LogP contribution in [0.5, 0.6) is 0 Å². The van der Waals surface area contributed by atoms with Crippen molar-refractivity contribution in [2.45, 2.75) is 56.6 Å². The average molecular weight is 517 g/mol. The Hall–Kier alpha value is -0.840. The normalized spacial score (nSPS) is 21.9. The van der Waals surface area contributed by atoms with Crippen molar-refractivity contribution in [2.75, 3.05) is 12.8 Å². The van der Waals surface area contributed by atoms with Gasteiger partial charge in [0.1, 0.15) is 0 Å². The third-order valence-corrected chi connectivity index (χ3v) is 6.30. The molecule has 0 bridgehead atoms. The highest BCUT2D eigenvalue weighted by atomic mass is 127. The molecule has 1 fully saturated rings. The zero-order chi connectivity index (χ0) is 19.2. The first-order valence-electron chi connectivity index (χ1n) is 8.84. The highest BCUT2D eigenvalue weighted by Crippen LogP contribution is 2.29. The maximum atomic E-state index is 12.8. The first-order chi connectivity index (χ1) is 12.3. The molecular weight excluding hydrogens is 490 g/mol. The molecule has 9 heteroatoms. The van der Waals surface area contributed by atoms with E-state index in [0.717, 1.165) is 37.8 Å². The van der Waals surface area contributed by atoms with Gasteiger partial charge in [0.25, 0.3) is 0 Å². The Bertz CT molecular complexity index is 655. The predicted octanol–water partition coefficient (Wildman–Crippen LogP) is 4.07. The lowest BCUT2D eigenvalue weighted by molar-refractivity contribution is -0.137. The molecule has 0 radical (unpaired) electrons. The largest absolute Gasteiger partial charge is 0.416 e. The summed E-state index contributed by atoms with van der Waals surface area (Å²) in [6.07, 6.45) is -0.554. The van der Waals surface area contributed by atoms with Crippen LogP contribution in [0, 0.1) is 0 Å². The third-order valence-electron chi connectivity index (χ3n) is 4.56. The Labute approximate surface area is 178 Å². The number of rotatable bonds is 5. The summed E-state index contributed by atoms with van der Waals surface area (Å²) in [7, 11) is 0.829. The Kier molecular flexibility index (Phi) is 10.1. The van der Waals surface area contributed by atoms with Gasteiger partial charge >= 0.3 is 6.18 Å². The van der Waals surface area contributed by atoms with Crippen LogP contribution in [0.2, 0.25) is 0 Å². The van der Waals surface area contributed by atoms with Crippen LogP contribution in [-0.4, -0.2) is 34.3 Å². The highest BCUT2D eigenvalue weighted by Gasteiger charge is 2.30. The monoisotopic (exact) mass is 517 g/mol. The predicted molar refractivity (Wildman–Crippen MR) is 115 cm³/mol. The quantitative estimate of drug-likeness (QED) is 0.352. The lowest BCUT2D eigenvalue weighted by Gasteiger charge is -2.30. The molecule has 2 rings (SSSR count). The van der Waals surface area contributed by atoms with Crippen LogP contribution in [-0.2, 0) is 23.5 Å². The summed E-state index contributed by atoms with van der Waals surface area (Å²) in [5, 5.41) is 6.58. The van der Waals surface area contributed by atoms with Gasteiger partial charge in [-0.3, -0.25) is 9.20 Å². The van der Waals surface area contributed by atoms with E-state index in [1.165, 1.54) is 6.07 Å². The molecule has 1 aliphatic carbocycles. The van der Waals surface area contributed by atoms with Gasteiger partial charge in [-0.05, 0) is 37.0 Å². The summed E-state index contributed by atoms with van der Waals surface area (Å²) >= 11 is 0. The Morgan fingerprint density at radius 3 is 2.70 bits per heavy atom. The van der Waals surface area contributed by atoms with Crippen LogP contribution in [0.15, 0.2) is 29.3 Å². The van der Waals surface area contributed by atoms with Crippen LogP contribution in [0.25, 0.3) is 0 Å². The minimum atomic E-state index is -4.35. The minimum absolute atomic E-state index is 0. The second-order valence-corrected chi connectivity index (χ2v) is 8.43. The number of benzene rings is 1. The van der Waals surface area contributed by atoms with Crippen molar-refractivity contribution in [2.24, 2.45) is 4.99 Å². The molecule has 4 nitrogen and oxygen atoms in total. The second kappa shape index (κ2) is 11.2. The molecule has 1 aromatic rings. The lowest BCUT2D eigenvalue weighted by Crippen LogP contribution is -2.46. The van der Waals surface area contributed by atoms with E-state index < -0.39 is 22.5 Å². The van der Waals surface area contributed by atoms with E-state index in [1.54, 1.807) is 13.1 Å². The summed E-state index contributed by atoms with van der Waals surface area (Å²) in [6, 6.07) is 5.43. The average Bonchev–Trinajstić information content (AvgIpc) is 2.64. The molecular formula is C18H27F3IN3OS. The fourth-order valence-corrected chi connectivity index (χ4v) is 4.53. The fraction of sp³-hybridized carbons (Fsp3) is 0.611. The fourth-order valence-electron chi connectivity index (χ4n) is 3.18. The third kappa shape index (κ3) is 7.59. The molecule has 3 atom stereocenters. The molecule has 27 heavy (non-hydrogen) atoms. The van der Waals surface area contributed by atoms with Gasteiger partial charge in [0.15, 0.2) is 5.96 Å². The van der Waals surface area contributed by atoms with Gasteiger partial charge in [-0.25, -0.2) is 0 Å². The molecule has 0 spiro atoms. The number of nitrogens with one attached hydrogen (secondary N) is 2. The number of guanidine groups is 1. The SMILES string of the molecule is CCS(=O)C1CCCC(NC(=NC)NCc2cccc(C(F)(F)F)c2)C1.I. The second-order valence-electron chi connectivity index (χ2n) is 6.42. The number of aliphatic imine (C=N–C) groups is 1. The van der Waals surface area contributed by atoms with Crippen LogP contribution < -0.4 is 10.6 Å². The van der Waals surface area contributed by atoms with E-state index in [2.05, 4.69) is 15.6 Å². The van der Waals surface area contributed by atoms with E-state index in [1.807, 2.05) is 6.92 Å². The summed E-state index contributed by atoms with van der Waals surface area (Å²) in [4.78, 5) is 4.15. The van der Waals surface area contributed by atoms with Crippen LogP contribution in [0.4, 0.5) is 13.2 Å². The summed E-state index contributed by atoms with van der Waals surface area (Å²) in [5.41, 5.74) is -0.117. The van der Waals surface area contributed by atoms with Gasteiger partial charge in [0.05, 0.1) is 5.56 Å². The molecule has 0 heterocycles. The Balaban J connectivity index is 0.00000364. The van der Waals surface area contributed by atoms with Crippen LogP contribution in [0.1, 0.15) is 43.7 Å². The zero-order valence-corrected chi connectivity index (χ0v) is 18.7. The molecule has 0 aromatic heterocycles. The van der Waals surface area contributed by atoms with Gasteiger partial charge in [0, 0.05) is 41.4 Å². The van der Waals surface area contributed by atoms with Crippen molar-refractivity contribution in [3.63, 3.8) is 0 Å². The molecule has 1 saturated carbocycles. The summed E-state index contributed by atoms with van der Waals surface area (Å²) in [6.45, 7) is 2.18. The molecule has 0 amide bonds. The van der Waals surface area contributed by atoms with E-state index >= 15 is 0 Å². The summed E-state index contributed by atoms with van der Waals surface area (Å²) < 4.78 is 50.4. The maximum Gasteiger partial charge on any atom is 0.416 e. The highest BCUT2D eigenvalue weighted by molar-refractivity contribution is 14.0. The van der Waals surface area contributed by atoms with E-state index in [-0.39, 0.29) is 41.8 Å². The van der Waals surface area contributed by atoms with E-state index in [4.69, 9.17) is 0 Å². The molecule has 0 aliphatic heterocycles. The number of hydrogen-bond acceptors (Lipinski definition) is 2. The smallest absolute Gasteiger partial charge is 0.354 e. The zero-order valence-electron chi connectivity index (χ0n) is 15.5. The molecule has 154 valence electrons. The maximum absolute atomic E-state index is 12.8. The van der Waals surface area contributed by atoms with E-state index in [0.29, 0.717) is 17.3 Å². The van der Waals surface area contributed by atoms with Gasteiger partial charge in [0.2, 0.25) is 0 Å².